The molecule has 0 spiro atoms. The topological polar surface area (TPSA) is 102 Å². The molecule has 1 aromatic heterocycles. The minimum Gasteiger partial charge on any atom is -0.491 e. The number of primary amides is 1. The molecule has 1 aliphatic heterocycles. The Kier molecular flexibility index (Phi) is 7.00. The second-order valence-corrected chi connectivity index (χ2v) is 8.01. The van der Waals surface area contributed by atoms with Gasteiger partial charge in [0.2, 0.25) is 5.89 Å². The summed E-state index contributed by atoms with van der Waals surface area (Å²) in [5, 5.41) is 10.2. The second kappa shape index (κ2) is 10.1. The van der Waals surface area contributed by atoms with Crippen LogP contribution in [0.4, 0.5) is 8.78 Å². The Hall–Kier alpha value is -3.30. The van der Waals surface area contributed by atoms with Crippen LogP contribution in [0.1, 0.15) is 29.8 Å². The first kappa shape index (κ1) is 22.9. The van der Waals surface area contributed by atoms with Crippen LogP contribution in [0.25, 0.3) is 22.8 Å². The number of halogens is 2. The third-order valence-electron chi connectivity index (χ3n) is 5.51. The third-order valence-corrected chi connectivity index (χ3v) is 5.51. The molecule has 1 unspecified atom stereocenters. The van der Waals surface area contributed by atoms with Crippen molar-refractivity contribution in [3.8, 4) is 28.5 Å². The lowest BCUT2D eigenvalue weighted by atomic mass is 10.1. The predicted octanol–water partition coefficient (Wildman–Crippen LogP) is 3.61. The molecule has 1 aliphatic rings. The number of likely N-dealkylation sites (tertiary alicyclic amines) is 1. The molecule has 1 saturated heterocycles. The van der Waals surface area contributed by atoms with Crippen LogP contribution in [-0.2, 0) is 0 Å². The zero-order valence-corrected chi connectivity index (χ0v) is 18.0. The van der Waals surface area contributed by atoms with Gasteiger partial charge in [-0.2, -0.15) is 0 Å². The van der Waals surface area contributed by atoms with Crippen molar-refractivity contribution in [3.63, 3.8) is 0 Å². The molecule has 33 heavy (non-hydrogen) atoms. The van der Waals surface area contributed by atoms with E-state index in [0.717, 1.165) is 38.1 Å². The molecule has 0 bridgehead atoms. The average molecular weight is 457 g/mol. The number of nitrogens with zero attached hydrogens (tertiary/aromatic N) is 2. The Morgan fingerprint density at radius 3 is 2.42 bits per heavy atom. The van der Waals surface area contributed by atoms with Gasteiger partial charge in [0, 0.05) is 12.1 Å². The van der Waals surface area contributed by atoms with Crippen LogP contribution in [0.3, 0.4) is 0 Å². The van der Waals surface area contributed by atoms with Gasteiger partial charge >= 0.3 is 0 Å². The lowest BCUT2D eigenvalue weighted by Crippen LogP contribution is -2.38. The summed E-state index contributed by atoms with van der Waals surface area (Å²) >= 11 is 0. The second-order valence-electron chi connectivity index (χ2n) is 8.01. The quantitative estimate of drug-likeness (QED) is 0.536. The highest BCUT2D eigenvalue weighted by Crippen LogP contribution is 2.33. The molecular formula is C24H25F2N3O4. The van der Waals surface area contributed by atoms with Crippen molar-refractivity contribution in [3.05, 3.63) is 59.8 Å². The van der Waals surface area contributed by atoms with E-state index in [1.165, 1.54) is 12.5 Å². The molecule has 0 saturated carbocycles. The van der Waals surface area contributed by atoms with E-state index in [4.69, 9.17) is 14.9 Å². The summed E-state index contributed by atoms with van der Waals surface area (Å²) in [6.07, 6.45) is 2.91. The van der Waals surface area contributed by atoms with Crippen molar-refractivity contribution in [1.29, 1.82) is 0 Å². The lowest BCUT2D eigenvalue weighted by Gasteiger charge is -2.28. The van der Waals surface area contributed by atoms with Crippen LogP contribution >= 0.6 is 0 Å². The number of aliphatic hydroxyl groups excluding tert-OH is 1. The van der Waals surface area contributed by atoms with E-state index < -0.39 is 29.2 Å². The molecule has 0 aliphatic carbocycles. The Balaban J connectivity index is 1.48. The van der Waals surface area contributed by atoms with E-state index in [9.17, 15) is 18.7 Å². The minimum atomic E-state index is -0.891. The standard InChI is InChI=1S/C24H25F2N3O4/c25-18-5-4-6-19(26)20(18)24-28-21(23(27)31)22(33-24)15-7-9-17(10-8-15)32-14-16(30)13-29-11-2-1-3-12-29/h4-10,16,30H,1-3,11-14H2,(H2,27,31). The Bertz CT molecular complexity index is 1090. The highest BCUT2D eigenvalue weighted by Gasteiger charge is 2.24. The van der Waals surface area contributed by atoms with Gasteiger partial charge in [0.1, 0.15) is 35.7 Å². The van der Waals surface area contributed by atoms with E-state index in [1.54, 1.807) is 24.3 Å². The van der Waals surface area contributed by atoms with Crippen molar-refractivity contribution < 1.29 is 27.8 Å². The maximum atomic E-state index is 14.1. The zero-order valence-electron chi connectivity index (χ0n) is 18.0. The van der Waals surface area contributed by atoms with Crippen LogP contribution in [0.2, 0.25) is 0 Å². The monoisotopic (exact) mass is 457 g/mol. The van der Waals surface area contributed by atoms with Gasteiger partial charge in [-0.25, -0.2) is 13.8 Å². The molecule has 1 fully saturated rings. The summed E-state index contributed by atoms with van der Waals surface area (Å²) in [6, 6.07) is 9.85. The van der Waals surface area contributed by atoms with E-state index in [1.807, 2.05) is 0 Å². The number of aliphatic hydroxyl groups is 1. The number of amides is 1. The summed E-state index contributed by atoms with van der Waals surface area (Å²) in [7, 11) is 0. The number of rotatable bonds is 8. The first-order valence-electron chi connectivity index (χ1n) is 10.8. The highest BCUT2D eigenvalue weighted by molar-refractivity contribution is 5.97. The molecule has 2 heterocycles. The molecule has 7 nitrogen and oxygen atoms in total. The molecule has 1 amide bonds. The fraction of sp³-hybridized carbons (Fsp3) is 0.333. The fourth-order valence-corrected chi connectivity index (χ4v) is 3.88. The molecule has 174 valence electrons. The number of benzene rings is 2. The molecule has 2 aromatic carbocycles. The van der Waals surface area contributed by atoms with Gasteiger partial charge in [0.25, 0.3) is 5.91 Å². The van der Waals surface area contributed by atoms with Crippen molar-refractivity contribution in [1.82, 2.24) is 9.88 Å². The van der Waals surface area contributed by atoms with Gasteiger partial charge in [-0.15, -0.1) is 0 Å². The number of oxazole rings is 1. The lowest BCUT2D eigenvalue weighted by molar-refractivity contribution is 0.0617. The molecule has 3 aromatic rings. The summed E-state index contributed by atoms with van der Waals surface area (Å²) in [4.78, 5) is 18.0. The first-order chi connectivity index (χ1) is 15.9. The molecule has 1 atom stereocenters. The van der Waals surface area contributed by atoms with E-state index >= 15 is 0 Å². The third kappa shape index (κ3) is 5.37. The largest absolute Gasteiger partial charge is 0.491 e. The minimum absolute atomic E-state index is 0.00293. The van der Waals surface area contributed by atoms with E-state index in [0.29, 0.717) is 17.9 Å². The number of piperidine rings is 1. The summed E-state index contributed by atoms with van der Waals surface area (Å²) in [5.74, 6) is -2.50. The van der Waals surface area contributed by atoms with Crippen molar-refractivity contribution >= 4 is 5.91 Å². The molecular weight excluding hydrogens is 432 g/mol. The number of carbonyl (C=O) groups excluding carboxylic acids is 1. The molecule has 4 rings (SSSR count). The molecule has 3 N–H and O–H groups in total. The van der Waals surface area contributed by atoms with Crippen LogP contribution in [0, 0.1) is 11.6 Å². The summed E-state index contributed by atoms with van der Waals surface area (Å²) < 4.78 is 39.5. The smallest absolute Gasteiger partial charge is 0.271 e. The number of carbonyl (C=O) groups is 1. The maximum absolute atomic E-state index is 14.1. The highest BCUT2D eigenvalue weighted by atomic mass is 19.1. The van der Waals surface area contributed by atoms with Crippen LogP contribution < -0.4 is 10.5 Å². The van der Waals surface area contributed by atoms with Crippen LogP contribution in [0.5, 0.6) is 5.75 Å². The first-order valence-corrected chi connectivity index (χ1v) is 10.8. The number of hydrogen-bond acceptors (Lipinski definition) is 6. The molecule has 0 radical (unpaired) electrons. The average Bonchev–Trinajstić information content (AvgIpc) is 3.24. The molecule has 9 heteroatoms. The van der Waals surface area contributed by atoms with E-state index in [-0.39, 0.29) is 24.0 Å². The van der Waals surface area contributed by atoms with Crippen molar-refractivity contribution in [2.75, 3.05) is 26.2 Å². The van der Waals surface area contributed by atoms with E-state index in [2.05, 4.69) is 9.88 Å². The number of hydrogen-bond donors (Lipinski definition) is 2. The number of ether oxygens (including phenoxy) is 1. The van der Waals surface area contributed by atoms with Gasteiger partial charge in [0.05, 0.1) is 0 Å². The van der Waals surface area contributed by atoms with Crippen molar-refractivity contribution in [2.45, 2.75) is 25.4 Å². The van der Waals surface area contributed by atoms with Gasteiger partial charge in [-0.05, 0) is 62.3 Å². The van der Waals surface area contributed by atoms with Crippen LogP contribution in [-0.4, -0.2) is 53.2 Å². The normalized spacial score (nSPS) is 15.4. The zero-order chi connectivity index (χ0) is 23.4. The van der Waals surface area contributed by atoms with Gasteiger partial charge < -0.3 is 24.9 Å². The van der Waals surface area contributed by atoms with Crippen LogP contribution in [0.15, 0.2) is 46.9 Å². The SMILES string of the molecule is NC(=O)c1nc(-c2c(F)cccc2F)oc1-c1ccc(OCC(O)CN2CCCCC2)cc1. The van der Waals surface area contributed by atoms with Gasteiger partial charge in [-0.3, -0.25) is 4.79 Å². The summed E-state index contributed by atoms with van der Waals surface area (Å²) in [6.45, 7) is 2.68. The summed E-state index contributed by atoms with van der Waals surface area (Å²) in [5.41, 5.74) is 5.12. The maximum Gasteiger partial charge on any atom is 0.271 e. The Labute approximate surface area is 189 Å². The van der Waals surface area contributed by atoms with Gasteiger partial charge in [0.15, 0.2) is 11.5 Å². The Morgan fingerprint density at radius 2 is 1.79 bits per heavy atom. The number of aromatic nitrogens is 1. The van der Waals surface area contributed by atoms with Gasteiger partial charge in [-0.1, -0.05) is 12.5 Å². The van der Waals surface area contributed by atoms with Crippen molar-refractivity contribution in [2.24, 2.45) is 5.73 Å². The predicted molar refractivity (Wildman–Crippen MR) is 118 cm³/mol. The fourth-order valence-electron chi connectivity index (χ4n) is 3.88. The Morgan fingerprint density at radius 1 is 1.12 bits per heavy atom. The number of nitrogens with two attached hydrogens (primary N) is 1. The number of β-amino-alcohol motifs (C(OH)–C–C–N with tert-alkyl or cyclic N) is 1.